The molecule has 0 unspecified atom stereocenters. The van der Waals surface area contributed by atoms with Crippen molar-refractivity contribution in [2.75, 3.05) is 14.1 Å². The fourth-order valence-electron chi connectivity index (χ4n) is 0.218. The zero-order valence-corrected chi connectivity index (χ0v) is 5.74. The maximum atomic E-state index is 6.61. The Morgan fingerprint density at radius 3 is 2.25 bits per heavy atom. The van der Waals surface area contributed by atoms with Crippen LogP contribution >= 0.6 is 11.6 Å². The average Bonchev–Trinajstić information content (AvgIpc) is 1.67. The van der Waals surface area contributed by atoms with Crippen LogP contribution in [0.25, 0.3) is 0 Å². The molecule has 0 saturated heterocycles. The summed E-state index contributed by atoms with van der Waals surface area (Å²) in [6.07, 6.45) is 2.67. The monoisotopic (exact) mass is 132 g/mol. The number of nitrogens with zero attached hydrogens (tertiary/aromatic N) is 1. The summed E-state index contributed by atoms with van der Waals surface area (Å²) in [7, 11) is 3.64. The van der Waals surface area contributed by atoms with Crippen molar-refractivity contribution in [3.63, 3.8) is 0 Å². The second kappa shape index (κ2) is 3.50. The Morgan fingerprint density at radius 1 is 1.62 bits per heavy atom. The molecular formula is C5H9ClN2. The van der Waals surface area contributed by atoms with Crippen LogP contribution in [0.2, 0.25) is 0 Å². The van der Waals surface area contributed by atoms with Crippen molar-refractivity contribution < 1.29 is 0 Å². The predicted molar refractivity (Wildman–Crippen MR) is 36.4 cm³/mol. The Balaban J connectivity index is 3.78. The van der Waals surface area contributed by atoms with Gasteiger partial charge < -0.3 is 10.3 Å². The Kier molecular flexibility index (Phi) is 3.28. The van der Waals surface area contributed by atoms with E-state index in [4.69, 9.17) is 17.0 Å². The van der Waals surface area contributed by atoms with Crippen molar-refractivity contribution in [1.29, 1.82) is 5.41 Å². The highest BCUT2D eigenvalue weighted by atomic mass is 35.5. The molecule has 46 valence electrons. The zero-order chi connectivity index (χ0) is 6.57. The van der Waals surface area contributed by atoms with E-state index in [0.717, 1.165) is 6.21 Å². The maximum Gasteiger partial charge on any atom is 0.105 e. The van der Waals surface area contributed by atoms with Gasteiger partial charge in [0.25, 0.3) is 0 Å². The smallest absolute Gasteiger partial charge is 0.105 e. The van der Waals surface area contributed by atoms with Crippen LogP contribution in [0.5, 0.6) is 0 Å². The van der Waals surface area contributed by atoms with E-state index in [-0.39, 0.29) is 0 Å². The molecule has 0 aliphatic carbocycles. The first-order valence-corrected chi connectivity index (χ1v) is 2.60. The van der Waals surface area contributed by atoms with Crippen LogP contribution in [0.15, 0.2) is 11.2 Å². The summed E-state index contributed by atoms with van der Waals surface area (Å²) in [5, 5.41) is 7.18. The van der Waals surface area contributed by atoms with Gasteiger partial charge in [0.05, 0.1) is 0 Å². The number of hydrogen-bond donors (Lipinski definition) is 1. The molecule has 0 rings (SSSR count). The average molecular weight is 133 g/mol. The number of nitrogens with one attached hydrogen (secondary N) is 1. The maximum absolute atomic E-state index is 6.61. The van der Waals surface area contributed by atoms with Crippen LogP contribution in [0.3, 0.4) is 0 Å². The van der Waals surface area contributed by atoms with Gasteiger partial charge in [-0.25, -0.2) is 0 Å². The van der Waals surface area contributed by atoms with Gasteiger partial charge in [-0.15, -0.1) is 0 Å². The van der Waals surface area contributed by atoms with E-state index in [1.54, 1.807) is 4.90 Å². The summed E-state index contributed by atoms with van der Waals surface area (Å²) in [6, 6.07) is 0. The molecule has 0 heterocycles. The largest absolute Gasteiger partial charge is 0.368 e. The lowest BCUT2D eigenvalue weighted by Crippen LogP contribution is -2.05. The van der Waals surface area contributed by atoms with Crippen molar-refractivity contribution >= 4 is 17.8 Å². The molecule has 2 nitrogen and oxygen atoms in total. The third kappa shape index (κ3) is 2.64. The van der Waals surface area contributed by atoms with Gasteiger partial charge in [-0.05, 0) is 6.08 Å². The molecule has 0 fully saturated rings. The first-order valence-electron chi connectivity index (χ1n) is 2.22. The topological polar surface area (TPSA) is 27.1 Å². The Bertz CT molecular complexity index is 107. The van der Waals surface area contributed by atoms with Crippen molar-refractivity contribution in [1.82, 2.24) is 4.90 Å². The summed E-state index contributed by atoms with van der Waals surface area (Å²) in [4.78, 5) is 1.73. The SMILES string of the molecule is CN(C)C(Cl)=CC=N. The Hall–Kier alpha value is -0.500. The van der Waals surface area contributed by atoms with Gasteiger partial charge in [0.1, 0.15) is 5.16 Å². The minimum Gasteiger partial charge on any atom is -0.368 e. The summed E-state index contributed by atoms with van der Waals surface area (Å²) in [5.74, 6) is 0. The van der Waals surface area contributed by atoms with Gasteiger partial charge in [-0.2, -0.15) is 0 Å². The molecule has 0 aliphatic rings. The zero-order valence-electron chi connectivity index (χ0n) is 4.98. The van der Waals surface area contributed by atoms with E-state index in [1.807, 2.05) is 14.1 Å². The van der Waals surface area contributed by atoms with Crippen LogP contribution in [-0.2, 0) is 0 Å². The first-order chi connectivity index (χ1) is 3.68. The van der Waals surface area contributed by atoms with E-state index in [9.17, 15) is 0 Å². The van der Waals surface area contributed by atoms with E-state index < -0.39 is 0 Å². The van der Waals surface area contributed by atoms with Crippen LogP contribution < -0.4 is 0 Å². The Labute approximate surface area is 54.3 Å². The molecule has 0 aromatic rings. The Morgan fingerprint density at radius 2 is 2.12 bits per heavy atom. The lowest BCUT2D eigenvalue weighted by molar-refractivity contribution is 0.548. The fourth-order valence-corrected chi connectivity index (χ4v) is 0.281. The summed E-state index contributed by atoms with van der Waals surface area (Å²) >= 11 is 5.55. The molecule has 0 bridgehead atoms. The van der Waals surface area contributed by atoms with Crippen LogP contribution in [-0.4, -0.2) is 25.2 Å². The number of allylic oxidation sites excluding steroid dienone is 1. The van der Waals surface area contributed by atoms with E-state index in [2.05, 4.69) is 0 Å². The molecular weight excluding hydrogens is 124 g/mol. The second-order valence-corrected chi connectivity index (χ2v) is 1.94. The lowest BCUT2D eigenvalue weighted by Gasteiger charge is -2.07. The van der Waals surface area contributed by atoms with E-state index in [1.165, 1.54) is 6.08 Å². The highest BCUT2D eigenvalue weighted by Crippen LogP contribution is 2.00. The van der Waals surface area contributed by atoms with Gasteiger partial charge in [0.15, 0.2) is 0 Å². The quantitative estimate of drug-likeness (QED) is 0.445. The van der Waals surface area contributed by atoms with Crippen LogP contribution in [0, 0.1) is 5.41 Å². The molecule has 0 spiro atoms. The molecule has 0 aromatic carbocycles. The number of rotatable bonds is 2. The second-order valence-electron chi connectivity index (χ2n) is 1.55. The van der Waals surface area contributed by atoms with E-state index in [0.29, 0.717) is 5.16 Å². The van der Waals surface area contributed by atoms with Crippen LogP contribution in [0.1, 0.15) is 0 Å². The summed E-state index contributed by atoms with van der Waals surface area (Å²) < 4.78 is 0. The number of hydrogen-bond acceptors (Lipinski definition) is 2. The molecule has 0 aromatic heterocycles. The molecule has 0 radical (unpaired) electrons. The molecule has 0 saturated carbocycles. The van der Waals surface area contributed by atoms with E-state index >= 15 is 0 Å². The highest BCUT2D eigenvalue weighted by Gasteiger charge is 1.88. The van der Waals surface area contributed by atoms with Crippen molar-refractivity contribution in [3.8, 4) is 0 Å². The molecule has 0 atom stereocenters. The van der Waals surface area contributed by atoms with Crippen molar-refractivity contribution in [2.45, 2.75) is 0 Å². The van der Waals surface area contributed by atoms with Gasteiger partial charge in [-0.3, -0.25) is 0 Å². The third-order valence-electron chi connectivity index (χ3n) is 0.648. The third-order valence-corrected chi connectivity index (χ3v) is 1.11. The van der Waals surface area contributed by atoms with Crippen molar-refractivity contribution in [3.05, 3.63) is 11.2 Å². The molecule has 1 N–H and O–H groups in total. The highest BCUT2D eigenvalue weighted by molar-refractivity contribution is 6.30. The normalized spacial score (nSPS) is 11.1. The van der Waals surface area contributed by atoms with Gasteiger partial charge in [0, 0.05) is 20.3 Å². The fraction of sp³-hybridized carbons (Fsp3) is 0.400. The minimum atomic E-state index is 0.569. The minimum absolute atomic E-state index is 0.569. The van der Waals surface area contributed by atoms with Gasteiger partial charge in [0.2, 0.25) is 0 Å². The number of halogens is 1. The molecule has 0 amide bonds. The van der Waals surface area contributed by atoms with Crippen LogP contribution in [0.4, 0.5) is 0 Å². The molecule has 8 heavy (non-hydrogen) atoms. The predicted octanol–water partition coefficient (Wildman–Crippen LogP) is 1.28. The van der Waals surface area contributed by atoms with Gasteiger partial charge >= 0.3 is 0 Å². The molecule has 0 aliphatic heterocycles. The first kappa shape index (κ1) is 7.50. The standard InChI is InChI=1S/C5H9ClN2/c1-8(2)5(6)3-4-7/h3-4,7H,1-2H3. The van der Waals surface area contributed by atoms with Crippen molar-refractivity contribution in [2.24, 2.45) is 0 Å². The summed E-state index contributed by atoms with van der Waals surface area (Å²) in [6.45, 7) is 0. The molecule has 3 heteroatoms. The lowest BCUT2D eigenvalue weighted by atomic mass is 10.6. The van der Waals surface area contributed by atoms with Gasteiger partial charge in [-0.1, -0.05) is 11.6 Å². The summed E-state index contributed by atoms with van der Waals surface area (Å²) in [5.41, 5.74) is 0.